The molecule has 1 aromatic carbocycles. The Morgan fingerprint density at radius 1 is 1.24 bits per heavy atom. The summed E-state index contributed by atoms with van der Waals surface area (Å²) in [5.41, 5.74) is 0.833. The number of nitrogens with one attached hydrogen (secondary N) is 1. The molecule has 0 fully saturated rings. The number of rotatable bonds is 1. The zero-order valence-electron chi connectivity index (χ0n) is 8.95. The fraction of sp³-hybridized carbons (Fsp3) is 0.273. The maximum atomic E-state index is 6.17. The van der Waals surface area contributed by atoms with Crippen molar-refractivity contribution < 1.29 is 0 Å². The van der Waals surface area contributed by atoms with Gasteiger partial charge in [-0.25, -0.2) is 0 Å². The zero-order valence-corrected chi connectivity index (χ0v) is 10.5. The Hall–Kier alpha value is -1.10. The third kappa shape index (κ3) is 1.92. The van der Waals surface area contributed by atoms with Gasteiger partial charge in [0.05, 0.1) is 11.6 Å². The zero-order chi connectivity index (χ0) is 11.8. The maximum absolute atomic E-state index is 6.17. The molecule has 0 saturated heterocycles. The molecule has 0 bridgehead atoms. The summed E-state index contributed by atoms with van der Waals surface area (Å²) in [5, 5.41) is 12.9. The monoisotopic (exact) mass is 268 g/mol. The number of halogens is 2. The van der Waals surface area contributed by atoms with E-state index in [1.807, 2.05) is 6.07 Å². The van der Waals surface area contributed by atoms with E-state index in [1.54, 1.807) is 12.1 Å². The molecule has 0 radical (unpaired) electrons. The number of aromatic nitrogens is 3. The van der Waals surface area contributed by atoms with Crippen molar-refractivity contribution in [3.8, 4) is 11.4 Å². The smallest absolute Gasteiger partial charge is 0.165 e. The highest BCUT2D eigenvalue weighted by Crippen LogP contribution is 2.30. The molecule has 88 valence electrons. The van der Waals surface area contributed by atoms with E-state index in [0.717, 1.165) is 36.8 Å². The van der Waals surface area contributed by atoms with Crippen molar-refractivity contribution in [3.05, 3.63) is 34.1 Å². The van der Waals surface area contributed by atoms with Crippen molar-refractivity contribution in [3.63, 3.8) is 0 Å². The Balaban J connectivity index is 2.15. The Labute approximate surface area is 109 Å². The van der Waals surface area contributed by atoms with Gasteiger partial charge in [0.2, 0.25) is 0 Å². The SMILES string of the molecule is Clc1ccc(Cl)c(-c2nnc3n2CCNC3)c1. The van der Waals surface area contributed by atoms with Crippen molar-refractivity contribution in [2.24, 2.45) is 0 Å². The fourth-order valence-electron chi connectivity index (χ4n) is 1.96. The lowest BCUT2D eigenvalue weighted by molar-refractivity contribution is 0.508. The van der Waals surface area contributed by atoms with Crippen LogP contribution in [0.25, 0.3) is 11.4 Å². The van der Waals surface area contributed by atoms with Gasteiger partial charge in [-0.2, -0.15) is 0 Å². The quantitative estimate of drug-likeness (QED) is 0.864. The topological polar surface area (TPSA) is 42.7 Å². The third-order valence-electron chi connectivity index (χ3n) is 2.79. The van der Waals surface area contributed by atoms with Crippen LogP contribution in [-0.4, -0.2) is 21.3 Å². The average molecular weight is 269 g/mol. The molecule has 0 aliphatic carbocycles. The first kappa shape index (κ1) is 11.0. The third-order valence-corrected chi connectivity index (χ3v) is 3.36. The minimum Gasteiger partial charge on any atom is -0.309 e. The normalized spacial score (nSPS) is 14.7. The number of hydrogen-bond donors (Lipinski definition) is 1. The minimum atomic E-state index is 0.642. The summed E-state index contributed by atoms with van der Waals surface area (Å²) < 4.78 is 2.08. The molecule has 17 heavy (non-hydrogen) atoms. The maximum Gasteiger partial charge on any atom is 0.165 e. The Bertz CT molecular complexity index is 565. The van der Waals surface area contributed by atoms with Gasteiger partial charge >= 0.3 is 0 Å². The Morgan fingerprint density at radius 3 is 3.00 bits per heavy atom. The second kappa shape index (κ2) is 4.29. The van der Waals surface area contributed by atoms with Crippen LogP contribution < -0.4 is 5.32 Å². The van der Waals surface area contributed by atoms with Crippen LogP contribution in [0.5, 0.6) is 0 Å². The molecule has 6 heteroatoms. The van der Waals surface area contributed by atoms with Crippen LogP contribution in [-0.2, 0) is 13.1 Å². The van der Waals surface area contributed by atoms with Crippen LogP contribution in [0.3, 0.4) is 0 Å². The molecule has 1 N–H and O–H groups in total. The van der Waals surface area contributed by atoms with Gasteiger partial charge in [0.1, 0.15) is 5.82 Å². The van der Waals surface area contributed by atoms with Crippen LogP contribution in [0.15, 0.2) is 18.2 Å². The summed E-state index contributed by atoms with van der Waals surface area (Å²) in [6, 6.07) is 5.37. The second-order valence-electron chi connectivity index (χ2n) is 3.89. The fourth-order valence-corrected chi connectivity index (χ4v) is 2.33. The molecule has 1 aromatic heterocycles. The largest absolute Gasteiger partial charge is 0.309 e. The second-order valence-corrected chi connectivity index (χ2v) is 4.74. The highest BCUT2D eigenvalue weighted by molar-refractivity contribution is 6.35. The molecule has 0 amide bonds. The van der Waals surface area contributed by atoms with Crippen LogP contribution in [0.2, 0.25) is 10.0 Å². The number of nitrogens with zero attached hydrogens (tertiary/aromatic N) is 3. The van der Waals surface area contributed by atoms with Crippen molar-refractivity contribution in [1.82, 2.24) is 20.1 Å². The van der Waals surface area contributed by atoms with Crippen LogP contribution in [0.4, 0.5) is 0 Å². The van der Waals surface area contributed by atoms with Crippen LogP contribution in [0, 0.1) is 0 Å². The lowest BCUT2D eigenvalue weighted by Crippen LogP contribution is -2.28. The molecule has 1 aliphatic rings. The van der Waals surface area contributed by atoms with Gasteiger partial charge in [-0.15, -0.1) is 10.2 Å². The van der Waals surface area contributed by atoms with Gasteiger partial charge in [-0.3, -0.25) is 0 Å². The lowest BCUT2D eigenvalue weighted by Gasteiger charge is -2.16. The summed E-state index contributed by atoms with van der Waals surface area (Å²) in [6.07, 6.45) is 0. The molecular weight excluding hydrogens is 259 g/mol. The molecule has 0 saturated carbocycles. The highest BCUT2D eigenvalue weighted by Gasteiger charge is 2.18. The van der Waals surface area contributed by atoms with Gasteiger partial charge in [-0.05, 0) is 18.2 Å². The molecule has 3 rings (SSSR count). The highest BCUT2D eigenvalue weighted by atomic mass is 35.5. The number of fused-ring (bicyclic) bond motifs is 1. The molecule has 0 atom stereocenters. The molecule has 0 unspecified atom stereocenters. The Kier molecular flexibility index (Phi) is 2.78. The first-order valence-corrected chi connectivity index (χ1v) is 6.09. The predicted octanol–water partition coefficient (Wildman–Crippen LogP) is 2.36. The first-order chi connectivity index (χ1) is 8.25. The molecule has 0 spiro atoms. The van der Waals surface area contributed by atoms with E-state index in [1.165, 1.54) is 0 Å². The van der Waals surface area contributed by atoms with Gasteiger partial charge in [0, 0.05) is 23.7 Å². The van der Waals surface area contributed by atoms with Crippen LogP contribution >= 0.6 is 23.2 Å². The first-order valence-electron chi connectivity index (χ1n) is 5.34. The van der Waals surface area contributed by atoms with E-state index < -0.39 is 0 Å². The van der Waals surface area contributed by atoms with Crippen molar-refractivity contribution >= 4 is 23.2 Å². The van der Waals surface area contributed by atoms with E-state index in [-0.39, 0.29) is 0 Å². The van der Waals surface area contributed by atoms with Crippen molar-refractivity contribution in [2.75, 3.05) is 6.54 Å². The lowest BCUT2D eigenvalue weighted by atomic mass is 10.2. The summed E-state index contributed by atoms with van der Waals surface area (Å²) in [5.74, 6) is 1.72. The molecule has 2 aromatic rings. The Morgan fingerprint density at radius 2 is 2.12 bits per heavy atom. The van der Waals surface area contributed by atoms with Gasteiger partial charge in [0.15, 0.2) is 5.82 Å². The molecule has 1 aliphatic heterocycles. The molecule has 4 nitrogen and oxygen atoms in total. The van der Waals surface area contributed by atoms with Gasteiger partial charge < -0.3 is 9.88 Å². The van der Waals surface area contributed by atoms with Crippen molar-refractivity contribution in [1.29, 1.82) is 0 Å². The van der Waals surface area contributed by atoms with E-state index in [9.17, 15) is 0 Å². The van der Waals surface area contributed by atoms with E-state index in [2.05, 4.69) is 20.1 Å². The molecular formula is C11H10Cl2N4. The standard InChI is InChI=1S/C11H10Cl2N4/c12-7-1-2-9(13)8(5-7)11-16-15-10-6-14-3-4-17(10)11/h1-2,5,14H,3-4,6H2. The van der Waals surface area contributed by atoms with E-state index in [0.29, 0.717) is 10.0 Å². The molecule has 2 heterocycles. The van der Waals surface area contributed by atoms with E-state index in [4.69, 9.17) is 23.2 Å². The summed E-state index contributed by atoms with van der Waals surface area (Å²) in [6.45, 7) is 2.50. The summed E-state index contributed by atoms with van der Waals surface area (Å²) >= 11 is 12.2. The minimum absolute atomic E-state index is 0.642. The average Bonchev–Trinajstić information content (AvgIpc) is 2.76. The van der Waals surface area contributed by atoms with Crippen molar-refractivity contribution in [2.45, 2.75) is 13.1 Å². The van der Waals surface area contributed by atoms with Gasteiger partial charge in [0.25, 0.3) is 0 Å². The summed E-state index contributed by atoms with van der Waals surface area (Å²) in [7, 11) is 0. The summed E-state index contributed by atoms with van der Waals surface area (Å²) in [4.78, 5) is 0. The number of hydrogen-bond acceptors (Lipinski definition) is 3. The van der Waals surface area contributed by atoms with E-state index >= 15 is 0 Å². The van der Waals surface area contributed by atoms with Crippen LogP contribution in [0.1, 0.15) is 5.82 Å². The number of benzene rings is 1. The predicted molar refractivity (Wildman–Crippen MR) is 67.2 cm³/mol. The van der Waals surface area contributed by atoms with Gasteiger partial charge in [-0.1, -0.05) is 23.2 Å².